The SMILES string of the molecule is CC1CCN(C(=O)C(C)Sc2nnc3c4ccccc4n(Cc4ccccc4)c3n2)CC1. The molecule has 1 aliphatic heterocycles. The largest absolute Gasteiger partial charge is 0.342 e. The van der Waals surface area contributed by atoms with Gasteiger partial charge in [-0.3, -0.25) is 4.79 Å². The quantitative estimate of drug-likeness (QED) is 0.414. The first-order chi connectivity index (χ1) is 15.6. The molecule has 1 amide bonds. The number of nitrogens with zero attached hydrogens (tertiary/aromatic N) is 5. The van der Waals surface area contributed by atoms with Crippen molar-refractivity contribution in [2.75, 3.05) is 13.1 Å². The lowest BCUT2D eigenvalue weighted by Crippen LogP contribution is -2.41. The normalized spacial score (nSPS) is 16.0. The van der Waals surface area contributed by atoms with Gasteiger partial charge >= 0.3 is 0 Å². The number of aromatic nitrogens is 4. The first kappa shape index (κ1) is 20.9. The summed E-state index contributed by atoms with van der Waals surface area (Å²) in [5.74, 6) is 0.860. The van der Waals surface area contributed by atoms with E-state index >= 15 is 0 Å². The van der Waals surface area contributed by atoms with Gasteiger partial charge in [-0.2, -0.15) is 0 Å². The summed E-state index contributed by atoms with van der Waals surface area (Å²) in [7, 11) is 0. The number of thioether (sulfide) groups is 1. The van der Waals surface area contributed by atoms with Crippen LogP contribution in [0.2, 0.25) is 0 Å². The number of para-hydroxylation sites is 1. The minimum Gasteiger partial charge on any atom is -0.342 e. The molecule has 1 fully saturated rings. The number of carbonyl (C=O) groups excluding carboxylic acids is 1. The number of rotatable bonds is 5. The maximum atomic E-state index is 12.9. The van der Waals surface area contributed by atoms with Crippen molar-refractivity contribution in [2.45, 2.75) is 43.6 Å². The lowest BCUT2D eigenvalue weighted by molar-refractivity contribution is -0.131. The minimum absolute atomic E-state index is 0.162. The molecule has 32 heavy (non-hydrogen) atoms. The monoisotopic (exact) mass is 445 g/mol. The van der Waals surface area contributed by atoms with Crippen molar-refractivity contribution in [3.8, 4) is 0 Å². The molecule has 2 aromatic heterocycles. The van der Waals surface area contributed by atoms with E-state index in [4.69, 9.17) is 4.98 Å². The van der Waals surface area contributed by atoms with Gasteiger partial charge in [-0.15, -0.1) is 10.2 Å². The van der Waals surface area contributed by atoms with E-state index in [1.165, 1.54) is 17.3 Å². The number of hydrogen-bond donors (Lipinski definition) is 0. The molecule has 0 aliphatic carbocycles. The van der Waals surface area contributed by atoms with Gasteiger partial charge < -0.3 is 9.47 Å². The maximum Gasteiger partial charge on any atom is 0.235 e. The highest BCUT2D eigenvalue weighted by atomic mass is 32.2. The van der Waals surface area contributed by atoms with E-state index in [1.54, 1.807) is 0 Å². The van der Waals surface area contributed by atoms with Crippen molar-refractivity contribution >= 4 is 39.7 Å². The Labute approximate surface area is 192 Å². The molecule has 6 nitrogen and oxygen atoms in total. The van der Waals surface area contributed by atoms with E-state index in [-0.39, 0.29) is 11.2 Å². The zero-order chi connectivity index (χ0) is 22.1. The standard InChI is InChI=1S/C25H27N5OS/c1-17-12-14-29(15-13-17)24(31)18(2)32-25-26-23-22(27-28-25)20-10-6-7-11-21(20)30(23)16-19-8-4-3-5-9-19/h3-11,17-18H,12-16H2,1-2H3. The average Bonchev–Trinajstić information content (AvgIpc) is 3.13. The Morgan fingerprint density at radius 2 is 1.78 bits per heavy atom. The molecule has 0 radical (unpaired) electrons. The number of likely N-dealkylation sites (tertiary alicyclic amines) is 1. The number of amides is 1. The highest BCUT2D eigenvalue weighted by Crippen LogP contribution is 2.29. The second-order valence-electron chi connectivity index (χ2n) is 8.62. The van der Waals surface area contributed by atoms with Crippen LogP contribution in [0.3, 0.4) is 0 Å². The van der Waals surface area contributed by atoms with E-state index < -0.39 is 0 Å². The molecule has 5 rings (SSSR count). The fourth-order valence-electron chi connectivity index (χ4n) is 4.36. The Hall–Kier alpha value is -2.93. The van der Waals surface area contributed by atoms with Gasteiger partial charge in [-0.05, 0) is 37.3 Å². The van der Waals surface area contributed by atoms with Crippen molar-refractivity contribution in [3.63, 3.8) is 0 Å². The van der Waals surface area contributed by atoms with Crippen LogP contribution >= 0.6 is 11.8 Å². The van der Waals surface area contributed by atoms with Crippen LogP contribution < -0.4 is 0 Å². The molecule has 0 saturated carbocycles. The number of carbonyl (C=O) groups is 1. The van der Waals surface area contributed by atoms with Crippen molar-refractivity contribution < 1.29 is 4.79 Å². The molecule has 1 aliphatic rings. The number of hydrogen-bond acceptors (Lipinski definition) is 5. The summed E-state index contributed by atoms with van der Waals surface area (Å²) in [5.41, 5.74) is 3.89. The summed E-state index contributed by atoms with van der Waals surface area (Å²) in [6.07, 6.45) is 2.15. The number of piperidine rings is 1. The van der Waals surface area contributed by atoms with Crippen LogP contribution in [0.25, 0.3) is 22.1 Å². The maximum absolute atomic E-state index is 12.9. The summed E-state index contributed by atoms with van der Waals surface area (Å²) in [6, 6.07) is 18.6. The fourth-order valence-corrected chi connectivity index (χ4v) is 5.15. The van der Waals surface area contributed by atoms with Crippen LogP contribution in [0.1, 0.15) is 32.3 Å². The second kappa shape index (κ2) is 8.90. The molecule has 0 bridgehead atoms. The summed E-state index contributed by atoms with van der Waals surface area (Å²) in [6.45, 7) is 6.58. The molecule has 164 valence electrons. The topological polar surface area (TPSA) is 63.9 Å². The predicted molar refractivity (Wildman–Crippen MR) is 129 cm³/mol. The average molecular weight is 446 g/mol. The molecule has 2 aromatic carbocycles. The summed E-state index contributed by atoms with van der Waals surface area (Å²) in [4.78, 5) is 19.8. The summed E-state index contributed by atoms with van der Waals surface area (Å²) < 4.78 is 2.19. The van der Waals surface area contributed by atoms with E-state index in [9.17, 15) is 4.79 Å². The van der Waals surface area contributed by atoms with Crippen LogP contribution in [0.5, 0.6) is 0 Å². The molecule has 0 spiro atoms. The third kappa shape index (κ3) is 4.09. The van der Waals surface area contributed by atoms with Gasteiger partial charge in [0, 0.05) is 25.0 Å². The highest BCUT2D eigenvalue weighted by Gasteiger charge is 2.26. The Balaban J connectivity index is 1.46. The Morgan fingerprint density at radius 3 is 2.56 bits per heavy atom. The first-order valence-electron chi connectivity index (χ1n) is 11.2. The lowest BCUT2D eigenvalue weighted by Gasteiger charge is -2.31. The van der Waals surface area contributed by atoms with Crippen LogP contribution in [0, 0.1) is 5.92 Å². The highest BCUT2D eigenvalue weighted by molar-refractivity contribution is 8.00. The molecule has 0 N–H and O–H groups in total. The minimum atomic E-state index is -0.241. The van der Waals surface area contributed by atoms with Crippen molar-refractivity contribution in [1.29, 1.82) is 0 Å². The Morgan fingerprint density at radius 1 is 1.06 bits per heavy atom. The summed E-state index contributed by atoms with van der Waals surface area (Å²) in [5, 5.41) is 10.2. The van der Waals surface area contributed by atoms with Gasteiger partial charge in [0.2, 0.25) is 11.1 Å². The third-order valence-electron chi connectivity index (χ3n) is 6.26. The van der Waals surface area contributed by atoms with Crippen molar-refractivity contribution in [1.82, 2.24) is 24.6 Å². The molecular formula is C25H27N5OS. The molecule has 1 unspecified atom stereocenters. The van der Waals surface area contributed by atoms with Gasteiger partial charge in [0.05, 0.1) is 10.8 Å². The van der Waals surface area contributed by atoms with E-state index in [1.807, 2.05) is 42.2 Å². The van der Waals surface area contributed by atoms with Crippen LogP contribution in [-0.4, -0.2) is 48.9 Å². The Kier molecular flexibility index (Phi) is 5.83. The van der Waals surface area contributed by atoms with Gasteiger partial charge in [0.25, 0.3) is 0 Å². The number of benzene rings is 2. The Bertz CT molecular complexity index is 1250. The summed E-state index contributed by atoms with van der Waals surface area (Å²) >= 11 is 1.40. The molecule has 7 heteroatoms. The van der Waals surface area contributed by atoms with Crippen LogP contribution in [0.15, 0.2) is 59.8 Å². The van der Waals surface area contributed by atoms with E-state index in [2.05, 4.69) is 46.0 Å². The molecular weight excluding hydrogens is 418 g/mol. The van der Waals surface area contributed by atoms with E-state index in [0.717, 1.165) is 48.0 Å². The molecule has 3 heterocycles. The zero-order valence-corrected chi connectivity index (χ0v) is 19.3. The van der Waals surface area contributed by atoms with E-state index in [0.29, 0.717) is 17.6 Å². The zero-order valence-electron chi connectivity index (χ0n) is 18.4. The first-order valence-corrected chi connectivity index (χ1v) is 12.1. The smallest absolute Gasteiger partial charge is 0.235 e. The predicted octanol–water partition coefficient (Wildman–Crippen LogP) is 4.77. The van der Waals surface area contributed by atoms with Gasteiger partial charge in [0.15, 0.2) is 5.65 Å². The molecule has 1 saturated heterocycles. The van der Waals surface area contributed by atoms with Crippen molar-refractivity contribution in [3.05, 3.63) is 60.2 Å². The van der Waals surface area contributed by atoms with Crippen LogP contribution in [0.4, 0.5) is 0 Å². The van der Waals surface area contributed by atoms with Crippen LogP contribution in [-0.2, 0) is 11.3 Å². The van der Waals surface area contributed by atoms with Crippen molar-refractivity contribution in [2.24, 2.45) is 5.92 Å². The van der Waals surface area contributed by atoms with Gasteiger partial charge in [-0.25, -0.2) is 4.98 Å². The molecule has 1 atom stereocenters. The van der Waals surface area contributed by atoms with Gasteiger partial charge in [0.1, 0.15) is 5.52 Å². The number of fused-ring (bicyclic) bond motifs is 3. The lowest BCUT2D eigenvalue weighted by atomic mass is 9.99. The molecule has 4 aromatic rings. The third-order valence-corrected chi connectivity index (χ3v) is 7.20. The second-order valence-corrected chi connectivity index (χ2v) is 9.93. The van der Waals surface area contributed by atoms with Gasteiger partial charge in [-0.1, -0.05) is 67.2 Å². The fraction of sp³-hybridized carbons (Fsp3) is 0.360.